The average Bonchev–Trinajstić information content (AvgIpc) is 3.33. The highest BCUT2D eigenvalue weighted by Crippen LogP contribution is 2.37. The van der Waals surface area contributed by atoms with Crippen LogP contribution in [0.3, 0.4) is 0 Å². The molecule has 2 aromatic carbocycles. The van der Waals surface area contributed by atoms with Gasteiger partial charge in [-0.3, -0.25) is 9.59 Å². The molecule has 0 aliphatic carbocycles. The summed E-state index contributed by atoms with van der Waals surface area (Å²) in [5, 5.41) is 6.24. The highest BCUT2D eigenvalue weighted by molar-refractivity contribution is 7.99. The fourth-order valence-electron chi connectivity index (χ4n) is 4.32. The van der Waals surface area contributed by atoms with E-state index in [-0.39, 0.29) is 32.5 Å². The van der Waals surface area contributed by atoms with Crippen molar-refractivity contribution >= 4 is 74.0 Å². The Labute approximate surface area is 236 Å². The number of aromatic amines is 1. The molecule has 0 spiro atoms. The summed E-state index contributed by atoms with van der Waals surface area (Å²) >= 11 is 14.1. The molecule has 4 rings (SSSR count). The fraction of sp³-hybridized carbons (Fsp3) is 0.259. The van der Waals surface area contributed by atoms with Gasteiger partial charge in [-0.25, -0.2) is 8.42 Å². The third-order valence-electron chi connectivity index (χ3n) is 6.26. The van der Waals surface area contributed by atoms with Crippen LogP contribution < -0.4 is 10.6 Å². The molecule has 0 unspecified atom stereocenters. The van der Waals surface area contributed by atoms with Crippen LogP contribution in [0.2, 0.25) is 10.0 Å². The van der Waals surface area contributed by atoms with Gasteiger partial charge in [0.25, 0.3) is 11.8 Å². The van der Waals surface area contributed by atoms with Gasteiger partial charge in [0, 0.05) is 50.5 Å². The normalized spacial score (nSPS) is 14.0. The van der Waals surface area contributed by atoms with Crippen LogP contribution in [0.15, 0.2) is 41.3 Å². The average molecular weight is 593 g/mol. The van der Waals surface area contributed by atoms with Crippen molar-refractivity contribution in [2.75, 3.05) is 23.4 Å². The number of sulfone groups is 1. The molecule has 0 atom stereocenters. The van der Waals surface area contributed by atoms with Gasteiger partial charge in [-0.05, 0) is 61.6 Å². The Hall–Kier alpha value is -2.72. The lowest BCUT2D eigenvalue weighted by Gasteiger charge is -2.10. The van der Waals surface area contributed by atoms with E-state index in [9.17, 15) is 18.0 Å². The smallest absolute Gasteiger partial charge is 0.256 e. The Morgan fingerprint density at radius 3 is 2.53 bits per heavy atom. The van der Waals surface area contributed by atoms with Crippen LogP contribution in [-0.4, -0.2) is 43.3 Å². The van der Waals surface area contributed by atoms with E-state index in [4.69, 9.17) is 23.2 Å². The lowest BCUT2D eigenvalue weighted by Crippen LogP contribution is -2.26. The molecule has 200 valence electrons. The summed E-state index contributed by atoms with van der Waals surface area (Å²) in [7, 11) is -3.83. The zero-order valence-corrected chi connectivity index (χ0v) is 24.2. The van der Waals surface area contributed by atoms with E-state index in [0.29, 0.717) is 51.4 Å². The van der Waals surface area contributed by atoms with Crippen LogP contribution in [-0.2, 0) is 20.4 Å². The molecule has 1 aromatic heterocycles. The Morgan fingerprint density at radius 2 is 1.84 bits per heavy atom. The molecule has 0 fully saturated rings. The Morgan fingerprint density at radius 1 is 1.13 bits per heavy atom. The lowest BCUT2D eigenvalue weighted by atomic mass is 10.0. The summed E-state index contributed by atoms with van der Waals surface area (Å²) < 4.78 is 26.5. The van der Waals surface area contributed by atoms with Crippen molar-refractivity contribution in [1.82, 2.24) is 10.3 Å². The quantitative estimate of drug-likeness (QED) is 0.212. The summed E-state index contributed by atoms with van der Waals surface area (Å²) in [6.45, 7) is 6.24. The molecule has 2 heterocycles. The third-order valence-corrected chi connectivity index (χ3v) is 9.51. The monoisotopic (exact) mass is 591 g/mol. The van der Waals surface area contributed by atoms with Gasteiger partial charge in [-0.2, -0.15) is 11.8 Å². The van der Waals surface area contributed by atoms with Crippen molar-refractivity contribution in [3.05, 3.63) is 80.1 Å². The van der Waals surface area contributed by atoms with E-state index in [1.807, 2.05) is 6.92 Å². The number of rotatable bonds is 9. The molecular weight excluding hydrogens is 565 g/mol. The van der Waals surface area contributed by atoms with Crippen molar-refractivity contribution in [1.29, 1.82) is 0 Å². The first-order chi connectivity index (χ1) is 18.0. The molecular formula is C27H27Cl2N3O4S2. The van der Waals surface area contributed by atoms with E-state index in [2.05, 4.69) is 22.5 Å². The Kier molecular flexibility index (Phi) is 8.62. The minimum Gasteiger partial charge on any atom is -0.358 e. The maximum Gasteiger partial charge on any atom is 0.256 e. The summed E-state index contributed by atoms with van der Waals surface area (Å²) in [6, 6.07) is 9.31. The first-order valence-electron chi connectivity index (χ1n) is 11.9. The van der Waals surface area contributed by atoms with Gasteiger partial charge < -0.3 is 15.6 Å². The van der Waals surface area contributed by atoms with E-state index in [0.717, 1.165) is 11.5 Å². The Balaban J connectivity index is 1.66. The number of carbonyl (C=O) groups is 2. The van der Waals surface area contributed by atoms with Crippen LogP contribution in [0.4, 0.5) is 5.69 Å². The van der Waals surface area contributed by atoms with Crippen LogP contribution in [0.1, 0.15) is 45.4 Å². The number of nitrogens with one attached hydrogen (secondary N) is 3. The van der Waals surface area contributed by atoms with E-state index >= 15 is 0 Å². The number of fused-ring (bicyclic) bond motifs is 1. The molecule has 3 aromatic rings. The van der Waals surface area contributed by atoms with E-state index < -0.39 is 9.84 Å². The largest absolute Gasteiger partial charge is 0.358 e. The van der Waals surface area contributed by atoms with Crippen molar-refractivity contribution in [2.24, 2.45) is 0 Å². The van der Waals surface area contributed by atoms with Gasteiger partial charge in [-0.15, -0.1) is 0 Å². The zero-order chi connectivity index (χ0) is 27.6. The van der Waals surface area contributed by atoms with Crippen LogP contribution in [0.25, 0.3) is 11.6 Å². The number of H-pyrrole nitrogens is 1. The number of aromatic nitrogens is 1. The standard InChI is InChI=1S/C27H27Cl2N3O4S2/c1-4-37-11-10-30-27(34)25-15(2)24(31-16(25)3)13-19-18-12-17(8-9-23(18)32-26(19)33)38(35,36)14-20-21(28)6-5-7-22(20)29/h5-9,12-13,31H,4,10-11,14H2,1-3H3,(H,30,34)(H,32,33). The predicted molar refractivity (Wildman–Crippen MR) is 156 cm³/mol. The van der Waals surface area contributed by atoms with Gasteiger partial charge in [0.1, 0.15) is 0 Å². The maximum atomic E-state index is 13.3. The lowest BCUT2D eigenvalue weighted by molar-refractivity contribution is -0.110. The fourth-order valence-corrected chi connectivity index (χ4v) is 6.98. The molecule has 1 aliphatic heterocycles. The summed E-state index contributed by atoms with van der Waals surface area (Å²) in [5.74, 6) is 0.885. The number of benzene rings is 2. The second-order valence-electron chi connectivity index (χ2n) is 8.80. The van der Waals surface area contributed by atoms with Gasteiger partial charge in [-0.1, -0.05) is 36.2 Å². The van der Waals surface area contributed by atoms with E-state index in [1.54, 1.807) is 49.0 Å². The zero-order valence-electron chi connectivity index (χ0n) is 21.1. The molecule has 7 nitrogen and oxygen atoms in total. The molecule has 0 bridgehead atoms. The summed E-state index contributed by atoms with van der Waals surface area (Å²) in [4.78, 5) is 28.9. The SMILES string of the molecule is CCSCCNC(=O)c1c(C)[nH]c(C=C2C(=O)Nc3ccc(S(=O)(=O)Cc4c(Cl)cccc4Cl)cc32)c1C. The number of hydrogen-bond donors (Lipinski definition) is 3. The number of aryl methyl sites for hydroxylation is 1. The van der Waals surface area contributed by atoms with Gasteiger partial charge in [0.2, 0.25) is 0 Å². The summed E-state index contributed by atoms with van der Waals surface area (Å²) in [5.41, 5.74) is 4.09. The molecule has 11 heteroatoms. The minimum absolute atomic E-state index is 0.0408. The van der Waals surface area contributed by atoms with Gasteiger partial charge in [0.05, 0.1) is 21.8 Å². The number of carbonyl (C=O) groups excluding carboxylic acids is 2. The number of halogens is 2. The van der Waals surface area contributed by atoms with Gasteiger partial charge in [0.15, 0.2) is 9.84 Å². The second kappa shape index (κ2) is 11.6. The topological polar surface area (TPSA) is 108 Å². The molecule has 0 radical (unpaired) electrons. The number of amides is 2. The van der Waals surface area contributed by atoms with Crippen molar-refractivity contribution in [2.45, 2.75) is 31.4 Å². The van der Waals surface area contributed by atoms with Crippen molar-refractivity contribution < 1.29 is 18.0 Å². The van der Waals surface area contributed by atoms with Crippen molar-refractivity contribution in [3.63, 3.8) is 0 Å². The predicted octanol–water partition coefficient (Wildman–Crippen LogP) is 5.89. The first kappa shape index (κ1) is 28.3. The molecule has 0 saturated heterocycles. The molecule has 0 saturated carbocycles. The highest BCUT2D eigenvalue weighted by Gasteiger charge is 2.28. The third kappa shape index (κ3) is 5.81. The highest BCUT2D eigenvalue weighted by atomic mass is 35.5. The molecule has 3 N–H and O–H groups in total. The van der Waals surface area contributed by atoms with Crippen molar-refractivity contribution in [3.8, 4) is 0 Å². The molecule has 38 heavy (non-hydrogen) atoms. The maximum absolute atomic E-state index is 13.3. The van der Waals surface area contributed by atoms with Crippen LogP contribution in [0.5, 0.6) is 0 Å². The first-order valence-corrected chi connectivity index (χ1v) is 15.5. The number of thioether (sulfide) groups is 1. The van der Waals surface area contributed by atoms with Crippen LogP contribution >= 0.6 is 35.0 Å². The Bertz CT molecular complexity index is 1540. The van der Waals surface area contributed by atoms with Crippen LogP contribution in [0, 0.1) is 13.8 Å². The van der Waals surface area contributed by atoms with Gasteiger partial charge >= 0.3 is 0 Å². The summed E-state index contributed by atoms with van der Waals surface area (Å²) in [6.07, 6.45) is 1.65. The minimum atomic E-state index is -3.83. The number of hydrogen-bond acceptors (Lipinski definition) is 5. The molecule has 1 aliphatic rings. The molecule has 2 amide bonds. The van der Waals surface area contributed by atoms with E-state index in [1.165, 1.54) is 12.1 Å². The second-order valence-corrected chi connectivity index (χ2v) is 13.0. The number of anilines is 1.